The third kappa shape index (κ3) is 3.28. The summed E-state index contributed by atoms with van der Waals surface area (Å²) >= 11 is 0. The third-order valence-electron chi connectivity index (χ3n) is 4.71. The average molecular weight is 323 g/mol. The number of β-amino-alcohol motifs (C(OH)–C–C–N with tert-alkyl or cyclic N) is 1. The first-order valence-electron chi connectivity index (χ1n) is 8.02. The Balaban J connectivity index is 1.89. The Hall–Kier alpha value is -1.02. The summed E-state index contributed by atoms with van der Waals surface area (Å²) in [4.78, 5) is 1.98. The van der Waals surface area contributed by atoms with Crippen molar-refractivity contribution >= 4 is 0 Å². The Labute approximate surface area is 136 Å². The number of aliphatic hydroxyl groups excluding tert-OH is 3. The van der Waals surface area contributed by atoms with Gasteiger partial charge >= 0.3 is 0 Å². The first-order valence-corrected chi connectivity index (χ1v) is 8.02. The quantitative estimate of drug-likeness (QED) is 0.741. The zero-order valence-electron chi connectivity index (χ0n) is 13.5. The second kappa shape index (κ2) is 6.47. The molecule has 23 heavy (non-hydrogen) atoms. The summed E-state index contributed by atoms with van der Waals surface area (Å²) in [6, 6.07) is 9.15. The van der Waals surface area contributed by atoms with Gasteiger partial charge in [0, 0.05) is 6.54 Å². The average Bonchev–Trinajstić information content (AvgIpc) is 2.53. The molecule has 0 aromatic heterocycles. The lowest BCUT2D eigenvalue weighted by Crippen LogP contribution is -2.68. The molecule has 6 heteroatoms. The van der Waals surface area contributed by atoms with Crippen molar-refractivity contribution in [3.63, 3.8) is 0 Å². The molecule has 2 fully saturated rings. The van der Waals surface area contributed by atoms with Crippen molar-refractivity contribution in [1.82, 2.24) is 4.90 Å². The van der Waals surface area contributed by atoms with Crippen molar-refractivity contribution in [2.24, 2.45) is 0 Å². The molecule has 3 rings (SSSR count). The van der Waals surface area contributed by atoms with Gasteiger partial charge in [-0.1, -0.05) is 30.3 Å². The maximum absolute atomic E-state index is 10.3. The van der Waals surface area contributed by atoms with E-state index in [4.69, 9.17) is 9.47 Å². The normalized spacial score (nSPS) is 35.5. The molecule has 0 aliphatic carbocycles. The van der Waals surface area contributed by atoms with Crippen molar-refractivity contribution in [3.8, 4) is 0 Å². The fourth-order valence-electron chi connectivity index (χ4n) is 3.52. The molecule has 0 saturated carbocycles. The van der Waals surface area contributed by atoms with Gasteiger partial charge in [-0.05, 0) is 19.4 Å². The van der Waals surface area contributed by atoms with Crippen LogP contribution in [0.1, 0.15) is 25.5 Å². The molecule has 0 spiro atoms. The van der Waals surface area contributed by atoms with Crippen LogP contribution in [0.5, 0.6) is 0 Å². The van der Waals surface area contributed by atoms with E-state index in [0.717, 1.165) is 5.56 Å². The van der Waals surface area contributed by atoms with Crippen molar-refractivity contribution < 1.29 is 24.8 Å². The number of piperidine rings is 1. The summed E-state index contributed by atoms with van der Waals surface area (Å²) in [5, 5.41) is 30.5. The smallest absolute Gasteiger partial charge is 0.163 e. The first-order chi connectivity index (χ1) is 10.9. The highest BCUT2D eigenvalue weighted by molar-refractivity contribution is 5.20. The molecule has 3 N–H and O–H groups in total. The summed E-state index contributed by atoms with van der Waals surface area (Å²) < 4.78 is 11.6. The predicted molar refractivity (Wildman–Crippen MR) is 83.7 cm³/mol. The van der Waals surface area contributed by atoms with Crippen LogP contribution in [0.25, 0.3) is 0 Å². The summed E-state index contributed by atoms with van der Waals surface area (Å²) in [6.07, 6.45) is -2.45. The summed E-state index contributed by atoms with van der Waals surface area (Å²) in [5.74, 6) is -0.799. The second-order valence-electron chi connectivity index (χ2n) is 6.72. The fraction of sp³-hybridized carbons (Fsp3) is 0.647. The highest BCUT2D eigenvalue weighted by Crippen LogP contribution is 2.36. The zero-order valence-corrected chi connectivity index (χ0v) is 13.5. The van der Waals surface area contributed by atoms with E-state index in [1.807, 2.05) is 35.2 Å². The number of nitrogens with zero attached hydrogens (tertiary/aromatic N) is 1. The van der Waals surface area contributed by atoms with E-state index in [0.29, 0.717) is 6.61 Å². The minimum Gasteiger partial charge on any atom is -0.394 e. The van der Waals surface area contributed by atoms with Crippen LogP contribution in [0.3, 0.4) is 0 Å². The van der Waals surface area contributed by atoms with Crippen LogP contribution in [0, 0.1) is 0 Å². The van der Waals surface area contributed by atoms with E-state index in [-0.39, 0.29) is 25.2 Å². The molecule has 5 atom stereocenters. The lowest BCUT2D eigenvalue weighted by atomic mass is 9.90. The van der Waals surface area contributed by atoms with Crippen molar-refractivity contribution in [2.45, 2.75) is 50.0 Å². The fourth-order valence-corrected chi connectivity index (χ4v) is 3.52. The second-order valence-corrected chi connectivity index (χ2v) is 6.72. The standard InChI is InChI=1S/C17H25NO5/c1-17(2)22-10-13-16(23-17)15(21)14(20)8-18(13)12(9-19)11-6-4-3-5-7-11/h3-7,12-16,19-21H,8-10H2,1-2H3/t12-,13+,14-,15-,16-/m0/s1. The van der Waals surface area contributed by atoms with Gasteiger partial charge < -0.3 is 24.8 Å². The van der Waals surface area contributed by atoms with E-state index >= 15 is 0 Å². The van der Waals surface area contributed by atoms with Crippen LogP contribution < -0.4 is 0 Å². The topological polar surface area (TPSA) is 82.4 Å². The predicted octanol–water partition coefficient (Wildman–Crippen LogP) is 0.278. The van der Waals surface area contributed by atoms with E-state index in [9.17, 15) is 15.3 Å². The lowest BCUT2D eigenvalue weighted by Gasteiger charge is -2.53. The molecule has 0 unspecified atom stereocenters. The molecular weight excluding hydrogens is 298 g/mol. The van der Waals surface area contributed by atoms with E-state index in [1.54, 1.807) is 13.8 Å². The molecule has 2 aliphatic heterocycles. The van der Waals surface area contributed by atoms with Gasteiger partial charge in [-0.3, -0.25) is 4.90 Å². The van der Waals surface area contributed by atoms with Gasteiger partial charge in [-0.25, -0.2) is 0 Å². The van der Waals surface area contributed by atoms with Crippen LogP contribution in [0.15, 0.2) is 30.3 Å². The number of likely N-dealkylation sites (tertiary alicyclic amines) is 1. The molecule has 2 aliphatic rings. The van der Waals surface area contributed by atoms with Gasteiger partial charge in [0.1, 0.15) is 12.2 Å². The summed E-state index contributed by atoms with van der Waals surface area (Å²) in [5.41, 5.74) is 0.960. The number of rotatable bonds is 3. The Morgan fingerprint density at radius 3 is 2.61 bits per heavy atom. The summed E-state index contributed by atoms with van der Waals surface area (Å²) in [6.45, 7) is 4.14. The number of fused-ring (bicyclic) bond motifs is 1. The Morgan fingerprint density at radius 2 is 1.96 bits per heavy atom. The molecule has 0 bridgehead atoms. The van der Waals surface area contributed by atoms with Gasteiger partial charge in [-0.2, -0.15) is 0 Å². The van der Waals surface area contributed by atoms with Gasteiger partial charge in [0.25, 0.3) is 0 Å². The van der Waals surface area contributed by atoms with E-state index in [2.05, 4.69) is 0 Å². The highest BCUT2D eigenvalue weighted by Gasteiger charge is 2.50. The molecule has 6 nitrogen and oxygen atoms in total. The largest absolute Gasteiger partial charge is 0.394 e. The third-order valence-corrected chi connectivity index (χ3v) is 4.71. The van der Waals surface area contributed by atoms with Gasteiger partial charge in [0.2, 0.25) is 0 Å². The van der Waals surface area contributed by atoms with Gasteiger partial charge in [0.05, 0.1) is 31.4 Å². The molecule has 128 valence electrons. The lowest BCUT2D eigenvalue weighted by molar-refractivity contribution is -0.329. The minimum absolute atomic E-state index is 0.0839. The molecule has 0 radical (unpaired) electrons. The molecule has 2 heterocycles. The molecule has 0 amide bonds. The Morgan fingerprint density at radius 1 is 1.26 bits per heavy atom. The highest BCUT2D eigenvalue weighted by atomic mass is 16.7. The maximum Gasteiger partial charge on any atom is 0.163 e. The Bertz CT molecular complexity index is 523. The van der Waals surface area contributed by atoms with Gasteiger partial charge in [0.15, 0.2) is 5.79 Å². The zero-order chi connectivity index (χ0) is 16.6. The van der Waals surface area contributed by atoms with Crippen molar-refractivity contribution in [1.29, 1.82) is 0 Å². The van der Waals surface area contributed by atoms with Crippen LogP contribution >= 0.6 is 0 Å². The number of hydrogen-bond donors (Lipinski definition) is 3. The van der Waals surface area contributed by atoms with Crippen LogP contribution in [-0.4, -0.2) is 70.1 Å². The number of ether oxygens (including phenoxy) is 2. The minimum atomic E-state index is -0.963. The van der Waals surface area contributed by atoms with Crippen LogP contribution in [-0.2, 0) is 9.47 Å². The van der Waals surface area contributed by atoms with Crippen LogP contribution in [0.4, 0.5) is 0 Å². The molecule has 1 aromatic rings. The van der Waals surface area contributed by atoms with Gasteiger partial charge in [-0.15, -0.1) is 0 Å². The SMILES string of the molecule is CC1(C)OC[C@@H]2[C@H](O1)[C@@H](O)[C@@H](O)CN2[C@@H](CO)c1ccccc1. The first kappa shape index (κ1) is 16.8. The van der Waals surface area contributed by atoms with Crippen molar-refractivity contribution in [2.75, 3.05) is 19.8 Å². The number of benzene rings is 1. The molecule has 1 aromatic carbocycles. The number of hydrogen-bond acceptors (Lipinski definition) is 6. The van der Waals surface area contributed by atoms with Crippen LogP contribution in [0.2, 0.25) is 0 Å². The Kier molecular flexibility index (Phi) is 4.73. The monoisotopic (exact) mass is 323 g/mol. The maximum atomic E-state index is 10.3. The van der Waals surface area contributed by atoms with Crippen molar-refractivity contribution in [3.05, 3.63) is 35.9 Å². The molecular formula is C17H25NO5. The van der Waals surface area contributed by atoms with E-state index < -0.39 is 24.1 Å². The number of aliphatic hydroxyl groups is 3. The van der Waals surface area contributed by atoms with E-state index in [1.165, 1.54) is 0 Å². The summed E-state index contributed by atoms with van der Waals surface area (Å²) in [7, 11) is 0. The molecule has 2 saturated heterocycles.